The summed E-state index contributed by atoms with van der Waals surface area (Å²) in [6, 6.07) is 32.2. The molecular formula is C21H20O3S. The number of carboxylic acids is 1. The molecule has 128 valence electrons. The summed E-state index contributed by atoms with van der Waals surface area (Å²) in [5, 5.41) is 17.3. The van der Waals surface area contributed by atoms with Crippen LogP contribution < -0.4 is 5.11 Å². The molecule has 0 bridgehead atoms. The van der Waals surface area contributed by atoms with Crippen LogP contribution in [0.2, 0.25) is 0 Å². The number of carbonyl (C=O) groups is 1. The topological polar surface area (TPSA) is 60.4 Å². The van der Waals surface area contributed by atoms with Gasteiger partial charge in [-0.1, -0.05) is 54.6 Å². The second-order valence-electron chi connectivity index (χ2n) is 5.24. The van der Waals surface area contributed by atoms with E-state index < -0.39 is 12.1 Å². The van der Waals surface area contributed by atoms with E-state index in [4.69, 9.17) is 5.11 Å². The van der Waals surface area contributed by atoms with Crippen molar-refractivity contribution in [3.63, 3.8) is 0 Å². The molecule has 1 atom stereocenters. The maximum absolute atomic E-state index is 9.34. The summed E-state index contributed by atoms with van der Waals surface area (Å²) in [6.45, 7) is 1.13. The molecule has 0 fully saturated rings. The Morgan fingerprint density at radius 3 is 1.20 bits per heavy atom. The number of hydrogen-bond donors (Lipinski definition) is 1. The lowest BCUT2D eigenvalue weighted by atomic mass is 10.4. The van der Waals surface area contributed by atoms with Gasteiger partial charge in [-0.25, -0.2) is 0 Å². The molecule has 0 saturated carbocycles. The van der Waals surface area contributed by atoms with E-state index in [1.807, 2.05) is 0 Å². The number of carboxylic acid groups (broad SMARTS) is 1. The van der Waals surface area contributed by atoms with Crippen molar-refractivity contribution in [1.82, 2.24) is 0 Å². The molecule has 0 radical (unpaired) electrons. The van der Waals surface area contributed by atoms with Gasteiger partial charge in [0.15, 0.2) is 14.7 Å². The van der Waals surface area contributed by atoms with Crippen LogP contribution in [-0.4, -0.2) is 17.2 Å². The minimum atomic E-state index is -1.44. The van der Waals surface area contributed by atoms with E-state index in [9.17, 15) is 9.90 Å². The molecule has 0 aromatic heterocycles. The average Bonchev–Trinajstić information content (AvgIpc) is 2.65. The fourth-order valence-electron chi connectivity index (χ4n) is 2.08. The highest BCUT2D eigenvalue weighted by Gasteiger charge is 2.27. The smallest absolute Gasteiger partial charge is 0.166 e. The second kappa shape index (κ2) is 9.67. The summed E-state index contributed by atoms with van der Waals surface area (Å²) in [7, 11) is -0.0146. The van der Waals surface area contributed by atoms with E-state index in [-0.39, 0.29) is 10.9 Å². The van der Waals surface area contributed by atoms with Crippen molar-refractivity contribution in [3.8, 4) is 0 Å². The van der Waals surface area contributed by atoms with Gasteiger partial charge in [-0.05, 0) is 43.3 Å². The van der Waals surface area contributed by atoms with Gasteiger partial charge in [-0.15, -0.1) is 0 Å². The Labute approximate surface area is 150 Å². The van der Waals surface area contributed by atoms with Crippen LogP contribution in [0.5, 0.6) is 0 Å². The minimum Gasteiger partial charge on any atom is -0.547 e. The zero-order valence-corrected chi connectivity index (χ0v) is 14.7. The lowest BCUT2D eigenvalue weighted by Gasteiger charge is -2.07. The standard InChI is InChI=1S/C18H15S.C3H6O3/c1-4-10-16(11-5-1)19(17-12-6-2-7-13-17)18-14-8-3-9-15-18;1-2(4)3(5)6/h1-15H;2,4H,1H3,(H,5,6)/q+1;/p-1. The van der Waals surface area contributed by atoms with Crippen LogP contribution in [0.1, 0.15) is 6.92 Å². The highest BCUT2D eigenvalue weighted by molar-refractivity contribution is 7.97. The van der Waals surface area contributed by atoms with Gasteiger partial charge in [-0.2, -0.15) is 0 Å². The van der Waals surface area contributed by atoms with Gasteiger partial charge in [0.1, 0.15) is 0 Å². The molecule has 0 aliphatic carbocycles. The van der Waals surface area contributed by atoms with E-state index >= 15 is 0 Å². The molecule has 1 unspecified atom stereocenters. The molecular weight excluding hydrogens is 332 g/mol. The van der Waals surface area contributed by atoms with Crippen LogP contribution in [0.4, 0.5) is 0 Å². The van der Waals surface area contributed by atoms with Crippen LogP contribution in [0, 0.1) is 0 Å². The van der Waals surface area contributed by atoms with Gasteiger partial charge in [0.25, 0.3) is 0 Å². The maximum atomic E-state index is 9.34. The Morgan fingerprint density at radius 1 is 0.760 bits per heavy atom. The van der Waals surface area contributed by atoms with Crippen LogP contribution in [-0.2, 0) is 15.7 Å². The Kier molecular flexibility index (Phi) is 7.26. The molecule has 3 aromatic rings. The van der Waals surface area contributed by atoms with Gasteiger partial charge >= 0.3 is 0 Å². The van der Waals surface area contributed by atoms with Gasteiger partial charge in [-0.3, -0.25) is 0 Å². The first-order chi connectivity index (χ1) is 12.1. The Morgan fingerprint density at radius 2 is 1.00 bits per heavy atom. The number of benzene rings is 3. The molecule has 0 spiro atoms. The van der Waals surface area contributed by atoms with Crippen LogP contribution >= 0.6 is 0 Å². The quantitative estimate of drug-likeness (QED) is 0.735. The Bertz CT molecular complexity index is 665. The zero-order valence-electron chi connectivity index (χ0n) is 13.9. The van der Waals surface area contributed by atoms with Crippen LogP contribution in [0.25, 0.3) is 0 Å². The van der Waals surface area contributed by atoms with Gasteiger partial charge in [0.2, 0.25) is 0 Å². The number of aliphatic carboxylic acids is 1. The highest BCUT2D eigenvalue weighted by Crippen LogP contribution is 2.30. The zero-order chi connectivity index (χ0) is 18.1. The molecule has 0 aliphatic heterocycles. The predicted octanol–water partition coefficient (Wildman–Crippen LogP) is 2.90. The molecule has 0 amide bonds. The van der Waals surface area contributed by atoms with E-state index in [0.717, 1.165) is 6.92 Å². The minimum absolute atomic E-state index is 0.0146. The number of hydrogen-bond acceptors (Lipinski definition) is 3. The molecule has 25 heavy (non-hydrogen) atoms. The second-order valence-corrected chi connectivity index (χ2v) is 7.27. The third-order valence-electron chi connectivity index (χ3n) is 3.28. The van der Waals surface area contributed by atoms with Crippen LogP contribution in [0.15, 0.2) is 106 Å². The monoisotopic (exact) mass is 352 g/mol. The van der Waals surface area contributed by atoms with Crippen molar-refractivity contribution < 1.29 is 15.0 Å². The number of rotatable bonds is 4. The summed E-state index contributed by atoms with van der Waals surface area (Å²) in [5.41, 5.74) is 0. The summed E-state index contributed by atoms with van der Waals surface area (Å²) >= 11 is 0. The van der Waals surface area contributed by atoms with Crippen molar-refractivity contribution in [1.29, 1.82) is 0 Å². The first-order valence-electron chi connectivity index (χ1n) is 7.88. The normalized spacial score (nSPS) is 11.3. The van der Waals surface area contributed by atoms with E-state index in [1.54, 1.807) is 0 Å². The van der Waals surface area contributed by atoms with Crippen LogP contribution in [0.3, 0.4) is 0 Å². The summed E-state index contributed by atoms with van der Waals surface area (Å²) in [5.74, 6) is -1.44. The van der Waals surface area contributed by atoms with E-state index in [0.29, 0.717) is 0 Å². The van der Waals surface area contributed by atoms with E-state index in [1.165, 1.54) is 14.7 Å². The van der Waals surface area contributed by atoms with Crippen molar-refractivity contribution >= 4 is 16.9 Å². The van der Waals surface area contributed by atoms with Gasteiger partial charge < -0.3 is 15.0 Å². The van der Waals surface area contributed by atoms with Gasteiger partial charge in [0.05, 0.1) is 23.0 Å². The number of aliphatic hydroxyl groups excluding tert-OH is 1. The number of aliphatic hydroxyl groups is 1. The fourth-order valence-corrected chi connectivity index (χ4v) is 4.18. The van der Waals surface area contributed by atoms with E-state index in [2.05, 4.69) is 91.0 Å². The van der Waals surface area contributed by atoms with Crippen molar-refractivity contribution in [3.05, 3.63) is 91.0 Å². The summed E-state index contributed by atoms with van der Waals surface area (Å²) in [6.07, 6.45) is -1.34. The third-order valence-corrected chi connectivity index (χ3v) is 5.51. The van der Waals surface area contributed by atoms with Crippen molar-refractivity contribution in [2.24, 2.45) is 0 Å². The molecule has 0 aliphatic rings. The average molecular weight is 352 g/mol. The third kappa shape index (κ3) is 5.78. The molecule has 3 aromatic carbocycles. The summed E-state index contributed by atoms with van der Waals surface area (Å²) < 4.78 is 0. The van der Waals surface area contributed by atoms with Crippen molar-refractivity contribution in [2.45, 2.75) is 27.7 Å². The molecule has 3 nitrogen and oxygen atoms in total. The SMILES string of the molecule is CC(O)C(=O)[O-].c1ccc([S+](c2ccccc2)c2ccccc2)cc1. The first kappa shape index (κ1) is 18.8. The largest absolute Gasteiger partial charge is 0.547 e. The molecule has 4 heteroatoms. The lowest BCUT2D eigenvalue weighted by molar-refractivity contribution is -0.314. The Balaban J connectivity index is 0.000000326. The van der Waals surface area contributed by atoms with Gasteiger partial charge in [0, 0.05) is 0 Å². The lowest BCUT2D eigenvalue weighted by Crippen LogP contribution is -2.32. The maximum Gasteiger partial charge on any atom is 0.166 e. The highest BCUT2D eigenvalue weighted by atomic mass is 32.2. The fraction of sp³-hybridized carbons (Fsp3) is 0.0952. The predicted molar refractivity (Wildman–Crippen MR) is 98.2 cm³/mol. The molecule has 0 saturated heterocycles. The van der Waals surface area contributed by atoms with Crippen molar-refractivity contribution in [2.75, 3.05) is 0 Å². The number of carbonyl (C=O) groups excluding carboxylic acids is 1. The Hall–Kier alpha value is -2.56. The molecule has 0 heterocycles. The molecule has 1 N–H and O–H groups in total. The molecule has 3 rings (SSSR count). The first-order valence-corrected chi connectivity index (χ1v) is 9.10. The summed E-state index contributed by atoms with van der Waals surface area (Å²) in [4.78, 5) is 13.4.